The number of Topliss-reactive ketones (excluding diaryl/α,β-unsaturated/α-hetero) is 1. The van der Waals surface area contributed by atoms with Crippen molar-refractivity contribution in [3.05, 3.63) is 66.8 Å². The quantitative estimate of drug-likeness (QED) is 0.598. The van der Waals surface area contributed by atoms with Crippen molar-refractivity contribution < 1.29 is 14.7 Å². The predicted octanol–water partition coefficient (Wildman–Crippen LogP) is 4.36. The second-order valence-electron chi connectivity index (χ2n) is 6.47. The molecular formula is C19H15ClN4O3S2. The van der Waals surface area contributed by atoms with Crippen LogP contribution < -0.4 is 4.90 Å². The summed E-state index contributed by atoms with van der Waals surface area (Å²) < 4.78 is 0. The summed E-state index contributed by atoms with van der Waals surface area (Å²) in [4.78, 5) is 32.3. The fourth-order valence-corrected chi connectivity index (χ4v) is 4.96. The van der Waals surface area contributed by atoms with Crippen molar-refractivity contribution in [3.8, 4) is 0 Å². The molecule has 0 bridgehead atoms. The first-order valence-corrected chi connectivity index (χ1v) is 10.6. The van der Waals surface area contributed by atoms with Gasteiger partial charge < -0.3 is 5.11 Å². The van der Waals surface area contributed by atoms with Gasteiger partial charge in [0.2, 0.25) is 10.9 Å². The molecule has 0 radical (unpaired) electrons. The third-order valence-electron chi connectivity index (χ3n) is 4.47. The van der Waals surface area contributed by atoms with E-state index in [9.17, 15) is 14.7 Å². The van der Waals surface area contributed by atoms with E-state index in [0.29, 0.717) is 31.3 Å². The standard InChI is InChI=1S/C19H15ClN4O3S2/c1-8-17(28-9(2)21-8)15(25)13-14(11-4-6-12(20)7-5-11)24(18(27)16(13)26)19-23-22-10(3)29-19/h4-7,14,26H,1-3H3. The third-order valence-corrected chi connectivity index (χ3v) is 6.63. The van der Waals surface area contributed by atoms with Crippen molar-refractivity contribution >= 4 is 51.1 Å². The van der Waals surface area contributed by atoms with E-state index in [2.05, 4.69) is 15.2 Å². The number of carbonyl (C=O) groups excluding carboxylic acids is 2. The SMILES string of the molecule is Cc1nnc(N2C(=O)C(O)=C(C(=O)c3sc(C)nc3C)C2c2ccc(Cl)cc2)s1. The van der Waals surface area contributed by atoms with Crippen LogP contribution in [0.2, 0.25) is 5.02 Å². The highest BCUT2D eigenvalue weighted by Crippen LogP contribution is 2.43. The van der Waals surface area contributed by atoms with Gasteiger partial charge in [0.1, 0.15) is 5.01 Å². The van der Waals surface area contributed by atoms with E-state index in [1.165, 1.54) is 27.6 Å². The van der Waals surface area contributed by atoms with E-state index in [-0.39, 0.29) is 5.57 Å². The van der Waals surface area contributed by atoms with Gasteiger partial charge >= 0.3 is 0 Å². The van der Waals surface area contributed by atoms with Crippen LogP contribution in [0.5, 0.6) is 0 Å². The minimum atomic E-state index is -0.846. The molecule has 1 unspecified atom stereocenters. The molecule has 1 aliphatic rings. The lowest BCUT2D eigenvalue weighted by Crippen LogP contribution is -2.31. The number of aliphatic hydroxyl groups excluding tert-OH is 1. The summed E-state index contributed by atoms with van der Waals surface area (Å²) >= 11 is 8.45. The number of aromatic nitrogens is 3. The number of amides is 1. The van der Waals surface area contributed by atoms with Crippen molar-refractivity contribution in [1.29, 1.82) is 0 Å². The molecule has 1 atom stereocenters. The summed E-state index contributed by atoms with van der Waals surface area (Å²) in [7, 11) is 0. The molecule has 0 saturated carbocycles. The summed E-state index contributed by atoms with van der Waals surface area (Å²) in [5.41, 5.74) is 1.18. The Morgan fingerprint density at radius 1 is 1.10 bits per heavy atom. The summed E-state index contributed by atoms with van der Waals surface area (Å²) in [6.07, 6.45) is 0. The molecule has 29 heavy (non-hydrogen) atoms. The number of hydrogen-bond acceptors (Lipinski definition) is 8. The van der Waals surface area contributed by atoms with Gasteiger partial charge in [-0.15, -0.1) is 21.5 Å². The molecule has 148 valence electrons. The van der Waals surface area contributed by atoms with Crippen molar-refractivity contribution in [2.75, 3.05) is 4.90 Å². The van der Waals surface area contributed by atoms with Crippen LogP contribution in [0.1, 0.15) is 37.0 Å². The molecule has 10 heteroatoms. The van der Waals surface area contributed by atoms with Gasteiger partial charge in [0.15, 0.2) is 5.76 Å². The molecule has 3 aromatic rings. The van der Waals surface area contributed by atoms with Gasteiger partial charge in [-0.1, -0.05) is 35.1 Å². The first-order chi connectivity index (χ1) is 13.8. The average Bonchev–Trinajstić information content (AvgIpc) is 3.32. The van der Waals surface area contributed by atoms with E-state index in [1.54, 1.807) is 45.0 Å². The van der Waals surface area contributed by atoms with Crippen molar-refractivity contribution in [3.63, 3.8) is 0 Å². The van der Waals surface area contributed by atoms with Crippen LogP contribution in [-0.2, 0) is 4.79 Å². The largest absolute Gasteiger partial charge is 0.503 e. The molecule has 7 nitrogen and oxygen atoms in total. The molecule has 1 aromatic carbocycles. The lowest BCUT2D eigenvalue weighted by atomic mass is 9.95. The molecular weight excluding hydrogens is 432 g/mol. The zero-order chi connectivity index (χ0) is 20.9. The lowest BCUT2D eigenvalue weighted by Gasteiger charge is -2.24. The fourth-order valence-electron chi connectivity index (χ4n) is 3.24. The number of ketones is 1. The minimum absolute atomic E-state index is 0.00285. The average molecular weight is 447 g/mol. The Balaban J connectivity index is 1.89. The summed E-state index contributed by atoms with van der Waals surface area (Å²) in [6.45, 7) is 5.30. The number of rotatable bonds is 4. The number of thiazole rings is 1. The number of nitrogens with zero attached hydrogens (tertiary/aromatic N) is 4. The Kier molecular flexibility index (Phi) is 4.97. The molecule has 1 amide bonds. The minimum Gasteiger partial charge on any atom is -0.503 e. The number of aryl methyl sites for hydroxylation is 3. The molecule has 0 saturated heterocycles. The lowest BCUT2D eigenvalue weighted by molar-refractivity contribution is -0.117. The maximum atomic E-state index is 13.4. The zero-order valence-corrected chi connectivity index (χ0v) is 18.0. The Morgan fingerprint density at radius 3 is 2.34 bits per heavy atom. The number of hydrogen-bond donors (Lipinski definition) is 1. The highest BCUT2D eigenvalue weighted by Gasteiger charge is 2.46. The van der Waals surface area contributed by atoms with Gasteiger partial charge in [-0.2, -0.15) is 0 Å². The van der Waals surface area contributed by atoms with Crippen LogP contribution in [0.25, 0.3) is 0 Å². The fraction of sp³-hybridized carbons (Fsp3) is 0.211. The number of anilines is 1. The van der Waals surface area contributed by atoms with E-state index < -0.39 is 23.5 Å². The molecule has 1 aliphatic heterocycles. The molecule has 4 rings (SSSR count). The van der Waals surface area contributed by atoms with Crippen LogP contribution in [0.15, 0.2) is 35.6 Å². The van der Waals surface area contributed by atoms with Crippen LogP contribution in [0.3, 0.4) is 0 Å². The molecule has 1 N–H and O–H groups in total. The van der Waals surface area contributed by atoms with E-state index in [1.807, 2.05) is 0 Å². The molecule has 0 aliphatic carbocycles. The summed E-state index contributed by atoms with van der Waals surface area (Å²) in [5, 5.41) is 20.9. The summed E-state index contributed by atoms with van der Waals surface area (Å²) in [5.74, 6) is -1.71. The number of aliphatic hydroxyl groups is 1. The first kappa shape index (κ1) is 19.7. The third kappa shape index (κ3) is 3.35. The van der Waals surface area contributed by atoms with E-state index in [0.717, 1.165) is 5.01 Å². The zero-order valence-electron chi connectivity index (χ0n) is 15.6. The Labute approximate surface area is 179 Å². The molecule has 0 spiro atoms. The molecule has 2 aromatic heterocycles. The predicted molar refractivity (Wildman–Crippen MR) is 112 cm³/mol. The van der Waals surface area contributed by atoms with Crippen LogP contribution in [0, 0.1) is 20.8 Å². The maximum Gasteiger partial charge on any atom is 0.296 e. The van der Waals surface area contributed by atoms with Crippen LogP contribution >= 0.6 is 34.3 Å². The second kappa shape index (κ2) is 7.33. The summed E-state index contributed by atoms with van der Waals surface area (Å²) in [6, 6.07) is 5.94. The van der Waals surface area contributed by atoms with Crippen LogP contribution in [-0.4, -0.2) is 32.0 Å². The van der Waals surface area contributed by atoms with Gasteiger partial charge in [0.05, 0.1) is 27.2 Å². The number of carbonyl (C=O) groups is 2. The van der Waals surface area contributed by atoms with E-state index in [4.69, 9.17) is 11.6 Å². The Bertz CT molecular complexity index is 1170. The van der Waals surface area contributed by atoms with Crippen molar-refractivity contribution in [1.82, 2.24) is 15.2 Å². The highest BCUT2D eigenvalue weighted by atomic mass is 35.5. The Hall–Kier alpha value is -2.62. The monoisotopic (exact) mass is 446 g/mol. The smallest absolute Gasteiger partial charge is 0.296 e. The van der Waals surface area contributed by atoms with Gasteiger partial charge in [0, 0.05) is 5.02 Å². The van der Waals surface area contributed by atoms with Crippen LogP contribution in [0.4, 0.5) is 5.13 Å². The van der Waals surface area contributed by atoms with Gasteiger partial charge in [-0.3, -0.25) is 14.5 Å². The van der Waals surface area contributed by atoms with E-state index >= 15 is 0 Å². The molecule has 3 heterocycles. The van der Waals surface area contributed by atoms with Crippen molar-refractivity contribution in [2.24, 2.45) is 0 Å². The first-order valence-electron chi connectivity index (χ1n) is 8.59. The second-order valence-corrected chi connectivity index (χ2v) is 9.27. The highest BCUT2D eigenvalue weighted by molar-refractivity contribution is 7.15. The molecule has 0 fully saturated rings. The Morgan fingerprint density at radius 2 is 1.79 bits per heavy atom. The van der Waals surface area contributed by atoms with Gasteiger partial charge in [-0.25, -0.2) is 4.98 Å². The topological polar surface area (TPSA) is 96.3 Å². The number of halogens is 1. The van der Waals surface area contributed by atoms with Gasteiger partial charge in [0.25, 0.3) is 5.91 Å². The number of benzene rings is 1. The van der Waals surface area contributed by atoms with Crippen molar-refractivity contribution in [2.45, 2.75) is 26.8 Å². The maximum absolute atomic E-state index is 13.4. The normalized spacial score (nSPS) is 16.8. The van der Waals surface area contributed by atoms with Gasteiger partial charge in [-0.05, 0) is 38.5 Å².